The van der Waals surface area contributed by atoms with Gasteiger partial charge in [0.05, 0.1) is 13.5 Å². The summed E-state index contributed by atoms with van der Waals surface area (Å²) in [4.78, 5) is 22.2. The van der Waals surface area contributed by atoms with Gasteiger partial charge in [0, 0.05) is 17.7 Å². The Morgan fingerprint density at radius 1 is 1.17 bits per heavy atom. The molecule has 3 N–H and O–H groups in total. The number of methoxy groups -OCH3 is 1. The van der Waals surface area contributed by atoms with Crippen molar-refractivity contribution in [2.24, 2.45) is 0 Å². The molecule has 0 atom stereocenters. The van der Waals surface area contributed by atoms with E-state index in [0.717, 1.165) is 6.08 Å². The zero-order valence-electron chi connectivity index (χ0n) is 12.9. The Bertz CT molecular complexity index is 807. The van der Waals surface area contributed by atoms with Gasteiger partial charge in [0.15, 0.2) is 0 Å². The number of rotatable bonds is 5. The molecule has 0 aromatic heterocycles. The Labute approximate surface area is 138 Å². The lowest BCUT2D eigenvalue weighted by atomic mass is 9.95. The van der Waals surface area contributed by atoms with Gasteiger partial charge >= 0.3 is 11.9 Å². The van der Waals surface area contributed by atoms with Gasteiger partial charge in [-0.25, -0.2) is 4.79 Å². The molecule has 0 spiro atoms. The molecule has 6 heteroatoms. The molecular weight excluding hydrogens is 312 g/mol. The number of carbonyl (C=O) groups is 2. The van der Waals surface area contributed by atoms with Crippen molar-refractivity contribution < 1.29 is 29.6 Å². The Morgan fingerprint density at radius 2 is 1.92 bits per heavy atom. The highest BCUT2D eigenvalue weighted by Gasteiger charge is 2.16. The summed E-state index contributed by atoms with van der Waals surface area (Å²) < 4.78 is 4.63. The van der Waals surface area contributed by atoms with Gasteiger partial charge in [0.2, 0.25) is 0 Å². The number of carboxylic acid groups (broad SMARTS) is 1. The number of hydrogen-bond acceptors (Lipinski definition) is 5. The summed E-state index contributed by atoms with van der Waals surface area (Å²) in [5.74, 6) is -1.94. The van der Waals surface area contributed by atoms with Crippen molar-refractivity contribution in [3.05, 3.63) is 53.6 Å². The first-order valence-corrected chi connectivity index (χ1v) is 7.04. The average molecular weight is 328 g/mol. The quantitative estimate of drug-likeness (QED) is 0.576. The zero-order valence-corrected chi connectivity index (χ0v) is 12.9. The molecule has 0 heterocycles. The Kier molecular flexibility index (Phi) is 5.21. The van der Waals surface area contributed by atoms with E-state index in [4.69, 9.17) is 5.11 Å². The van der Waals surface area contributed by atoms with Crippen LogP contribution >= 0.6 is 0 Å². The first kappa shape index (κ1) is 17.1. The van der Waals surface area contributed by atoms with Gasteiger partial charge in [-0.3, -0.25) is 4.79 Å². The summed E-state index contributed by atoms with van der Waals surface area (Å²) >= 11 is 0. The van der Waals surface area contributed by atoms with Crippen molar-refractivity contribution in [3.63, 3.8) is 0 Å². The molecule has 0 saturated carbocycles. The van der Waals surface area contributed by atoms with Crippen LogP contribution < -0.4 is 0 Å². The van der Waals surface area contributed by atoms with Gasteiger partial charge < -0.3 is 20.1 Å². The lowest BCUT2D eigenvalue weighted by Crippen LogP contribution is -2.05. The highest BCUT2D eigenvalue weighted by molar-refractivity contribution is 5.86. The summed E-state index contributed by atoms with van der Waals surface area (Å²) in [6.45, 7) is 0. The Balaban J connectivity index is 2.53. The fourth-order valence-corrected chi connectivity index (χ4v) is 2.33. The molecule has 0 aliphatic rings. The lowest BCUT2D eigenvalue weighted by Gasteiger charge is -2.12. The zero-order chi connectivity index (χ0) is 17.7. The van der Waals surface area contributed by atoms with Gasteiger partial charge in [-0.2, -0.15) is 0 Å². The van der Waals surface area contributed by atoms with E-state index < -0.39 is 11.9 Å². The van der Waals surface area contributed by atoms with Crippen LogP contribution in [0.3, 0.4) is 0 Å². The molecule has 0 aliphatic heterocycles. The molecule has 2 aromatic rings. The predicted molar refractivity (Wildman–Crippen MR) is 87.6 cm³/mol. The highest BCUT2D eigenvalue weighted by atomic mass is 16.5. The van der Waals surface area contributed by atoms with E-state index in [1.54, 1.807) is 24.3 Å². The number of carbonyl (C=O) groups excluding carboxylic acids is 1. The third kappa shape index (κ3) is 4.13. The number of carboxylic acids is 1. The summed E-state index contributed by atoms with van der Waals surface area (Å²) in [6, 6.07) is 9.35. The second-order valence-corrected chi connectivity index (χ2v) is 5.05. The van der Waals surface area contributed by atoms with Crippen LogP contribution in [0.25, 0.3) is 17.2 Å². The smallest absolute Gasteiger partial charge is 0.328 e. The average Bonchev–Trinajstić information content (AvgIpc) is 2.52. The van der Waals surface area contributed by atoms with Crippen molar-refractivity contribution >= 4 is 18.0 Å². The van der Waals surface area contributed by atoms with Crippen molar-refractivity contribution in [1.82, 2.24) is 0 Å². The van der Waals surface area contributed by atoms with Crippen LogP contribution in [0.2, 0.25) is 0 Å². The molecule has 0 unspecified atom stereocenters. The van der Waals surface area contributed by atoms with Crippen molar-refractivity contribution in [1.29, 1.82) is 0 Å². The monoisotopic (exact) mass is 328 g/mol. The summed E-state index contributed by atoms with van der Waals surface area (Å²) in [5.41, 5.74) is 1.98. The standard InChI is InChI=1S/C18H16O6/c1-24-17(23)9-13-8-14(19)10-15(20)18(13)12-4-2-3-11(7-12)5-6-16(21)22/h2-8,10,19-20H,9H2,1H3,(H,21,22)/b6-5+. The Morgan fingerprint density at radius 3 is 2.58 bits per heavy atom. The highest BCUT2D eigenvalue weighted by Crippen LogP contribution is 2.37. The molecule has 24 heavy (non-hydrogen) atoms. The predicted octanol–water partition coefficient (Wildman–Crippen LogP) is 2.58. The van der Waals surface area contributed by atoms with Gasteiger partial charge in [-0.1, -0.05) is 18.2 Å². The topological polar surface area (TPSA) is 104 Å². The molecule has 0 saturated heterocycles. The minimum atomic E-state index is -1.07. The van der Waals surface area contributed by atoms with Gasteiger partial charge in [0.1, 0.15) is 11.5 Å². The van der Waals surface area contributed by atoms with E-state index in [0.29, 0.717) is 22.3 Å². The first-order chi connectivity index (χ1) is 11.4. The van der Waals surface area contributed by atoms with E-state index in [1.165, 1.54) is 25.3 Å². The molecule has 0 bridgehead atoms. The molecular formula is C18H16O6. The van der Waals surface area contributed by atoms with Crippen molar-refractivity contribution in [2.75, 3.05) is 7.11 Å². The van der Waals surface area contributed by atoms with Crippen LogP contribution in [0, 0.1) is 0 Å². The van der Waals surface area contributed by atoms with E-state index in [-0.39, 0.29) is 17.9 Å². The number of aromatic hydroxyl groups is 2. The number of esters is 1. The van der Waals surface area contributed by atoms with Crippen LogP contribution in [-0.2, 0) is 20.7 Å². The number of aliphatic carboxylic acids is 1. The summed E-state index contributed by atoms with van der Waals surface area (Å²) in [5, 5.41) is 28.6. The summed E-state index contributed by atoms with van der Waals surface area (Å²) in [7, 11) is 1.25. The molecule has 124 valence electrons. The lowest BCUT2D eigenvalue weighted by molar-refractivity contribution is -0.139. The first-order valence-electron chi connectivity index (χ1n) is 7.04. The third-order valence-corrected chi connectivity index (χ3v) is 3.34. The maximum Gasteiger partial charge on any atom is 0.328 e. The second-order valence-electron chi connectivity index (χ2n) is 5.05. The number of phenols is 2. The second kappa shape index (κ2) is 7.32. The minimum absolute atomic E-state index is 0.122. The molecule has 0 fully saturated rings. The van der Waals surface area contributed by atoms with Crippen LogP contribution in [0.1, 0.15) is 11.1 Å². The molecule has 2 aromatic carbocycles. The number of ether oxygens (including phenoxy) is 1. The SMILES string of the molecule is COC(=O)Cc1cc(O)cc(O)c1-c1cccc(/C=C/C(=O)O)c1. The van der Waals surface area contributed by atoms with Crippen LogP contribution in [0.15, 0.2) is 42.5 Å². The number of benzene rings is 2. The largest absolute Gasteiger partial charge is 0.508 e. The molecule has 0 amide bonds. The third-order valence-electron chi connectivity index (χ3n) is 3.34. The van der Waals surface area contributed by atoms with Crippen molar-refractivity contribution in [2.45, 2.75) is 6.42 Å². The van der Waals surface area contributed by atoms with E-state index in [1.807, 2.05) is 0 Å². The molecule has 6 nitrogen and oxygen atoms in total. The van der Waals surface area contributed by atoms with E-state index in [2.05, 4.69) is 4.74 Å². The van der Waals surface area contributed by atoms with E-state index >= 15 is 0 Å². The molecule has 2 rings (SSSR count). The number of phenolic OH excluding ortho intramolecular Hbond substituents is 2. The van der Waals surface area contributed by atoms with E-state index in [9.17, 15) is 19.8 Å². The van der Waals surface area contributed by atoms with Gasteiger partial charge in [-0.15, -0.1) is 0 Å². The maximum atomic E-state index is 11.6. The maximum absolute atomic E-state index is 11.6. The fraction of sp³-hybridized carbons (Fsp3) is 0.111. The summed E-state index contributed by atoms with van der Waals surface area (Å²) in [6.07, 6.45) is 2.30. The molecule has 0 radical (unpaired) electrons. The van der Waals surface area contributed by atoms with Crippen LogP contribution in [0.5, 0.6) is 11.5 Å². The van der Waals surface area contributed by atoms with Crippen molar-refractivity contribution in [3.8, 4) is 22.6 Å². The fourth-order valence-electron chi connectivity index (χ4n) is 2.33. The van der Waals surface area contributed by atoms with Gasteiger partial charge in [-0.05, 0) is 34.9 Å². The molecule has 0 aliphatic carbocycles. The van der Waals surface area contributed by atoms with Crippen LogP contribution in [0.4, 0.5) is 0 Å². The normalized spacial score (nSPS) is 10.7. The minimum Gasteiger partial charge on any atom is -0.508 e. The van der Waals surface area contributed by atoms with Crippen LogP contribution in [-0.4, -0.2) is 34.4 Å². The van der Waals surface area contributed by atoms with Gasteiger partial charge in [0.25, 0.3) is 0 Å². The Hall–Kier alpha value is -3.28. The number of hydrogen-bond donors (Lipinski definition) is 3.